The molecule has 0 fully saturated rings. The Hall–Kier alpha value is -1.81. The van der Waals surface area contributed by atoms with Crippen LogP contribution in [-0.2, 0) is 24.7 Å². The van der Waals surface area contributed by atoms with Gasteiger partial charge in [-0.25, -0.2) is 0 Å². The average Bonchev–Trinajstić information content (AvgIpc) is 2.70. The van der Waals surface area contributed by atoms with Crippen molar-refractivity contribution in [2.75, 3.05) is 0 Å². The molecule has 1 atom stereocenters. The zero-order chi connectivity index (χ0) is 15.6. The highest BCUT2D eigenvalue weighted by Crippen LogP contribution is 2.28. The minimum atomic E-state index is -0.851. The van der Waals surface area contributed by atoms with Gasteiger partial charge in [0, 0.05) is 13.5 Å². The standard InChI is InChI=1S/C16H19ClN2O2/c1-4-13-15(17)14(19(3)18-13)9-12(16(20)21)11-7-5-6-10(2)8-11/h5-8,12H,4,9H2,1-3H3,(H,20,21). The summed E-state index contributed by atoms with van der Waals surface area (Å²) in [6.45, 7) is 3.93. The third kappa shape index (κ3) is 3.27. The molecule has 5 heteroatoms. The van der Waals surface area contributed by atoms with Crippen molar-refractivity contribution in [2.24, 2.45) is 7.05 Å². The summed E-state index contributed by atoms with van der Waals surface area (Å²) in [7, 11) is 1.80. The van der Waals surface area contributed by atoms with Crippen LogP contribution >= 0.6 is 11.6 Å². The Balaban J connectivity index is 2.38. The molecule has 1 aromatic heterocycles. The molecule has 0 saturated carbocycles. The maximum atomic E-state index is 11.6. The normalized spacial score (nSPS) is 12.4. The second-order valence-electron chi connectivity index (χ2n) is 5.19. The van der Waals surface area contributed by atoms with Crippen LogP contribution in [-0.4, -0.2) is 20.9 Å². The van der Waals surface area contributed by atoms with Crippen molar-refractivity contribution in [3.63, 3.8) is 0 Å². The van der Waals surface area contributed by atoms with Crippen LogP contribution in [0.3, 0.4) is 0 Å². The molecular formula is C16H19ClN2O2. The van der Waals surface area contributed by atoms with Gasteiger partial charge in [0.2, 0.25) is 0 Å². The monoisotopic (exact) mass is 306 g/mol. The van der Waals surface area contributed by atoms with Crippen LogP contribution in [0.2, 0.25) is 5.02 Å². The average molecular weight is 307 g/mol. The first kappa shape index (κ1) is 15.6. The number of carbonyl (C=O) groups is 1. The Morgan fingerprint density at radius 1 is 1.48 bits per heavy atom. The highest BCUT2D eigenvalue weighted by Gasteiger charge is 2.24. The lowest BCUT2D eigenvalue weighted by Crippen LogP contribution is -2.16. The molecule has 4 nitrogen and oxygen atoms in total. The van der Waals surface area contributed by atoms with Crippen molar-refractivity contribution >= 4 is 17.6 Å². The summed E-state index contributed by atoms with van der Waals surface area (Å²) in [5.74, 6) is -1.47. The Labute approximate surface area is 129 Å². The van der Waals surface area contributed by atoms with Crippen LogP contribution in [0, 0.1) is 6.92 Å². The summed E-state index contributed by atoms with van der Waals surface area (Å²) >= 11 is 6.32. The first-order valence-corrected chi connectivity index (χ1v) is 7.31. The summed E-state index contributed by atoms with van der Waals surface area (Å²) in [4.78, 5) is 11.6. The molecule has 0 saturated heterocycles. The van der Waals surface area contributed by atoms with E-state index in [1.54, 1.807) is 11.7 Å². The second kappa shape index (κ2) is 6.31. The number of benzene rings is 1. The largest absolute Gasteiger partial charge is 0.481 e. The van der Waals surface area contributed by atoms with Gasteiger partial charge in [-0.3, -0.25) is 9.48 Å². The third-order valence-corrected chi connectivity index (χ3v) is 4.08. The summed E-state index contributed by atoms with van der Waals surface area (Å²) in [5.41, 5.74) is 3.41. The molecule has 112 valence electrons. The van der Waals surface area contributed by atoms with Gasteiger partial charge in [0.15, 0.2) is 0 Å². The number of hydrogen-bond donors (Lipinski definition) is 1. The van der Waals surface area contributed by atoms with Crippen LogP contribution in [0.5, 0.6) is 0 Å². The maximum absolute atomic E-state index is 11.6. The SMILES string of the molecule is CCc1nn(C)c(CC(C(=O)O)c2cccc(C)c2)c1Cl. The van der Waals surface area contributed by atoms with E-state index in [4.69, 9.17) is 11.6 Å². The first-order valence-electron chi connectivity index (χ1n) is 6.93. The number of rotatable bonds is 5. The van der Waals surface area contributed by atoms with Gasteiger partial charge in [-0.05, 0) is 18.9 Å². The van der Waals surface area contributed by atoms with Gasteiger partial charge >= 0.3 is 5.97 Å². The Morgan fingerprint density at radius 2 is 2.19 bits per heavy atom. The van der Waals surface area contributed by atoms with Gasteiger partial charge in [0.1, 0.15) is 0 Å². The van der Waals surface area contributed by atoms with Crippen molar-refractivity contribution < 1.29 is 9.90 Å². The summed E-state index contributed by atoms with van der Waals surface area (Å²) in [5, 5.41) is 14.5. The smallest absolute Gasteiger partial charge is 0.311 e. The van der Waals surface area contributed by atoms with E-state index in [-0.39, 0.29) is 0 Å². The molecule has 0 amide bonds. The summed E-state index contributed by atoms with van der Waals surface area (Å²) < 4.78 is 1.69. The van der Waals surface area contributed by atoms with E-state index in [0.717, 1.165) is 28.9 Å². The van der Waals surface area contributed by atoms with Gasteiger partial charge in [-0.1, -0.05) is 48.4 Å². The number of aryl methyl sites for hydroxylation is 3. The van der Waals surface area contributed by atoms with E-state index in [1.807, 2.05) is 38.1 Å². The molecular weight excluding hydrogens is 288 g/mol. The molecule has 1 heterocycles. The molecule has 0 aliphatic rings. The number of nitrogens with zero attached hydrogens (tertiary/aromatic N) is 2. The molecule has 1 unspecified atom stereocenters. The molecule has 0 bridgehead atoms. The van der Waals surface area contributed by atoms with Crippen molar-refractivity contribution in [1.82, 2.24) is 9.78 Å². The van der Waals surface area contributed by atoms with Gasteiger partial charge in [-0.15, -0.1) is 0 Å². The van der Waals surface area contributed by atoms with Gasteiger partial charge in [0.05, 0.1) is 22.3 Å². The van der Waals surface area contributed by atoms with E-state index < -0.39 is 11.9 Å². The van der Waals surface area contributed by atoms with Gasteiger partial charge in [0.25, 0.3) is 0 Å². The fourth-order valence-corrected chi connectivity index (χ4v) is 2.84. The lowest BCUT2D eigenvalue weighted by molar-refractivity contribution is -0.138. The van der Waals surface area contributed by atoms with Crippen molar-refractivity contribution in [3.8, 4) is 0 Å². The minimum absolute atomic E-state index is 0.334. The van der Waals surface area contributed by atoms with Crippen LogP contribution in [0.15, 0.2) is 24.3 Å². The number of aromatic nitrogens is 2. The molecule has 0 aliphatic carbocycles. The highest BCUT2D eigenvalue weighted by molar-refractivity contribution is 6.31. The summed E-state index contributed by atoms with van der Waals surface area (Å²) in [6.07, 6.45) is 1.07. The van der Waals surface area contributed by atoms with Gasteiger partial charge < -0.3 is 5.11 Å². The number of aliphatic carboxylic acids is 1. The van der Waals surface area contributed by atoms with E-state index >= 15 is 0 Å². The molecule has 0 aliphatic heterocycles. The van der Waals surface area contributed by atoms with Crippen molar-refractivity contribution in [1.29, 1.82) is 0 Å². The van der Waals surface area contributed by atoms with Crippen LogP contribution in [0.25, 0.3) is 0 Å². The van der Waals surface area contributed by atoms with E-state index in [0.29, 0.717) is 11.4 Å². The fraction of sp³-hybridized carbons (Fsp3) is 0.375. The predicted octanol–water partition coefficient (Wildman–Crippen LogP) is 3.36. The predicted molar refractivity (Wildman–Crippen MR) is 82.9 cm³/mol. The number of hydrogen-bond acceptors (Lipinski definition) is 2. The Kier molecular flexibility index (Phi) is 4.68. The Bertz CT molecular complexity index is 664. The topological polar surface area (TPSA) is 55.1 Å². The molecule has 0 spiro atoms. The van der Waals surface area contributed by atoms with E-state index in [1.165, 1.54) is 0 Å². The lowest BCUT2D eigenvalue weighted by Gasteiger charge is -2.14. The first-order chi connectivity index (χ1) is 9.93. The number of halogens is 1. The molecule has 1 N–H and O–H groups in total. The van der Waals surface area contributed by atoms with Crippen LogP contribution in [0.4, 0.5) is 0 Å². The van der Waals surface area contributed by atoms with Gasteiger partial charge in [-0.2, -0.15) is 5.10 Å². The molecule has 0 radical (unpaired) electrons. The summed E-state index contributed by atoms with van der Waals surface area (Å²) in [6, 6.07) is 7.58. The quantitative estimate of drug-likeness (QED) is 0.921. The molecule has 1 aromatic carbocycles. The molecule has 2 rings (SSSR count). The fourth-order valence-electron chi connectivity index (χ4n) is 2.47. The number of carboxylic acid groups (broad SMARTS) is 1. The van der Waals surface area contributed by atoms with Crippen LogP contribution < -0.4 is 0 Å². The minimum Gasteiger partial charge on any atom is -0.481 e. The zero-order valence-corrected chi connectivity index (χ0v) is 13.2. The lowest BCUT2D eigenvalue weighted by atomic mass is 9.93. The third-order valence-electron chi connectivity index (χ3n) is 3.64. The van der Waals surface area contributed by atoms with Crippen LogP contribution in [0.1, 0.15) is 35.4 Å². The highest BCUT2D eigenvalue weighted by atomic mass is 35.5. The maximum Gasteiger partial charge on any atom is 0.311 e. The van der Waals surface area contributed by atoms with Crippen molar-refractivity contribution in [2.45, 2.75) is 32.6 Å². The van der Waals surface area contributed by atoms with Crippen molar-refractivity contribution in [3.05, 3.63) is 51.8 Å². The van der Waals surface area contributed by atoms with E-state index in [2.05, 4.69) is 5.10 Å². The second-order valence-corrected chi connectivity index (χ2v) is 5.57. The molecule has 21 heavy (non-hydrogen) atoms. The Morgan fingerprint density at radius 3 is 2.71 bits per heavy atom. The zero-order valence-electron chi connectivity index (χ0n) is 12.4. The van der Waals surface area contributed by atoms with E-state index in [9.17, 15) is 9.90 Å². The number of carboxylic acids is 1. The molecule has 2 aromatic rings.